The molecule has 2 heteroatoms. The van der Waals surface area contributed by atoms with E-state index in [9.17, 15) is 0 Å². The van der Waals surface area contributed by atoms with E-state index in [2.05, 4.69) is 6.07 Å². The maximum atomic E-state index is 9.04. The molecule has 82 valence electrons. The van der Waals surface area contributed by atoms with Crippen molar-refractivity contribution < 1.29 is 9.84 Å². The molecule has 0 aliphatic heterocycles. The van der Waals surface area contributed by atoms with E-state index in [1.165, 1.54) is 24.0 Å². The topological polar surface area (TPSA) is 29.5 Å². The molecule has 0 bridgehead atoms. The summed E-state index contributed by atoms with van der Waals surface area (Å²) in [6, 6.07) is 6.25. The molecule has 1 aromatic rings. The number of benzene rings is 1. The second-order valence-electron chi connectivity index (χ2n) is 4.13. The summed E-state index contributed by atoms with van der Waals surface area (Å²) in [5.74, 6) is 1.53. The summed E-state index contributed by atoms with van der Waals surface area (Å²) in [7, 11) is 1.73. The Labute approximate surface area is 90.9 Å². The lowest BCUT2D eigenvalue weighted by Crippen LogP contribution is -2.12. The highest BCUT2D eigenvalue weighted by Gasteiger charge is 2.21. The van der Waals surface area contributed by atoms with Gasteiger partial charge in [0.15, 0.2) is 0 Å². The first-order valence-electron chi connectivity index (χ1n) is 5.63. The van der Waals surface area contributed by atoms with E-state index >= 15 is 0 Å². The third-order valence-electron chi connectivity index (χ3n) is 3.29. The Morgan fingerprint density at radius 3 is 3.07 bits per heavy atom. The standard InChI is InChI=1S/C13H18O2/c1-15-13-7-3-5-11-10(8-9-14)4-2-6-12(11)13/h3,5,7,10,14H,2,4,6,8-9H2,1H3/t10-/m0/s1. The third kappa shape index (κ3) is 2.00. The molecule has 1 atom stereocenters. The maximum absolute atomic E-state index is 9.04. The van der Waals surface area contributed by atoms with Crippen LogP contribution in [-0.4, -0.2) is 18.8 Å². The van der Waals surface area contributed by atoms with Gasteiger partial charge in [0.1, 0.15) is 5.75 Å². The van der Waals surface area contributed by atoms with Gasteiger partial charge in [0.05, 0.1) is 7.11 Å². The Kier molecular flexibility index (Phi) is 3.27. The van der Waals surface area contributed by atoms with Crippen LogP contribution in [0, 0.1) is 0 Å². The van der Waals surface area contributed by atoms with Gasteiger partial charge in [0.25, 0.3) is 0 Å². The molecule has 0 saturated heterocycles. The van der Waals surface area contributed by atoms with Gasteiger partial charge >= 0.3 is 0 Å². The van der Waals surface area contributed by atoms with E-state index in [0.717, 1.165) is 18.6 Å². The van der Waals surface area contributed by atoms with Crippen molar-refractivity contribution in [1.29, 1.82) is 0 Å². The number of methoxy groups -OCH3 is 1. The largest absolute Gasteiger partial charge is 0.496 e. The molecule has 0 heterocycles. The van der Waals surface area contributed by atoms with E-state index < -0.39 is 0 Å². The van der Waals surface area contributed by atoms with Crippen LogP contribution in [0.1, 0.15) is 36.3 Å². The Morgan fingerprint density at radius 2 is 2.33 bits per heavy atom. The minimum absolute atomic E-state index is 0.279. The van der Waals surface area contributed by atoms with Gasteiger partial charge in [-0.25, -0.2) is 0 Å². The highest BCUT2D eigenvalue weighted by atomic mass is 16.5. The van der Waals surface area contributed by atoms with Crippen molar-refractivity contribution in [1.82, 2.24) is 0 Å². The Morgan fingerprint density at radius 1 is 1.47 bits per heavy atom. The fourth-order valence-corrected chi connectivity index (χ4v) is 2.56. The van der Waals surface area contributed by atoms with Gasteiger partial charge in [-0.15, -0.1) is 0 Å². The summed E-state index contributed by atoms with van der Waals surface area (Å²) in [5.41, 5.74) is 2.74. The second-order valence-corrected chi connectivity index (χ2v) is 4.13. The fraction of sp³-hybridized carbons (Fsp3) is 0.538. The normalized spacial score (nSPS) is 19.7. The summed E-state index contributed by atoms with van der Waals surface area (Å²) in [4.78, 5) is 0. The highest BCUT2D eigenvalue weighted by Crippen LogP contribution is 2.37. The molecule has 0 radical (unpaired) electrons. The van der Waals surface area contributed by atoms with Gasteiger partial charge in [0.2, 0.25) is 0 Å². The molecule has 0 amide bonds. The molecule has 0 saturated carbocycles. The molecule has 0 fully saturated rings. The van der Waals surface area contributed by atoms with Gasteiger partial charge < -0.3 is 9.84 Å². The third-order valence-corrected chi connectivity index (χ3v) is 3.29. The Balaban J connectivity index is 2.35. The summed E-state index contributed by atoms with van der Waals surface area (Å²) in [6.45, 7) is 0.279. The van der Waals surface area contributed by atoms with Crippen LogP contribution in [0.5, 0.6) is 5.75 Å². The molecule has 0 spiro atoms. The van der Waals surface area contributed by atoms with Crippen LogP contribution in [0.3, 0.4) is 0 Å². The Hall–Kier alpha value is -1.02. The molecular formula is C13H18O2. The van der Waals surface area contributed by atoms with Gasteiger partial charge in [-0.05, 0) is 48.8 Å². The number of fused-ring (bicyclic) bond motifs is 1. The Bertz CT molecular complexity index is 333. The van der Waals surface area contributed by atoms with Crippen molar-refractivity contribution >= 4 is 0 Å². The molecule has 0 unspecified atom stereocenters. The fourth-order valence-electron chi connectivity index (χ4n) is 2.56. The predicted molar refractivity (Wildman–Crippen MR) is 60.4 cm³/mol. The van der Waals surface area contributed by atoms with Gasteiger partial charge in [0, 0.05) is 6.61 Å². The average Bonchev–Trinajstić information content (AvgIpc) is 2.29. The first-order chi connectivity index (χ1) is 7.36. The average molecular weight is 206 g/mol. The van der Waals surface area contributed by atoms with E-state index in [1.54, 1.807) is 7.11 Å². The number of ether oxygens (including phenoxy) is 1. The van der Waals surface area contributed by atoms with Gasteiger partial charge in [-0.2, -0.15) is 0 Å². The van der Waals surface area contributed by atoms with E-state index in [1.807, 2.05) is 12.1 Å². The van der Waals surface area contributed by atoms with Crippen molar-refractivity contribution in [3.8, 4) is 5.75 Å². The molecule has 0 aromatic heterocycles. The van der Waals surface area contributed by atoms with Gasteiger partial charge in [-0.3, -0.25) is 0 Å². The second kappa shape index (κ2) is 4.67. The van der Waals surface area contributed by atoms with Crippen molar-refractivity contribution in [2.75, 3.05) is 13.7 Å². The zero-order valence-corrected chi connectivity index (χ0v) is 9.20. The van der Waals surface area contributed by atoms with Crippen LogP contribution in [0.4, 0.5) is 0 Å². The first kappa shape index (κ1) is 10.5. The van der Waals surface area contributed by atoms with Crippen molar-refractivity contribution in [3.63, 3.8) is 0 Å². The molecule has 1 aromatic carbocycles. The van der Waals surface area contributed by atoms with Crippen molar-refractivity contribution in [2.45, 2.75) is 31.6 Å². The summed E-state index contributed by atoms with van der Waals surface area (Å²) >= 11 is 0. The molecule has 1 aliphatic carbocycles. The number of rotatable bonds is 3. The quantitative estimate of drug-likeness (QED) is 0.823. The molecule has 1 N–H and O–H groups in total. The minimum Gasteiger partial charge on any atom is -0.496 e. The lowest BCUT2D eigenvalue weighted by Gasteiger charge is -2.26. The number of aliphatic hydroxyl groups is 1. The van der Waals surface area contributed by atoms with Crippen LogP contribution in [0.25, 0.3) is 0 Å². The van der Waals surface area contributed by atoms with E-state index in [-0.39, 0.29) is 6.61 Å². The molecule has 1 aliphatic rings. The first-order valence-corrected chi connectivity index (χ1v) is 5.63. The molecule has 2 nitrogen and oxygen atoms in total. The zero-order valence-electron chi connectivity index (χ0n) is 9.20. The van der Waals surface area contributed by atoms with Crippen molar-refractivity contribution in [3.05, 3.63) is 29.3 Å². The summed E-state index contributed by atoms with van der Waals surface area (Å²) in [6.07, 6.45) is 4.39. The molecule has 15 heavy (non-hydrogen) atoms. The minimum atomic E-state index is 0.279. The predicted octanol–water partition coefficient (Wildman–Crippen LogP) is 2.50. The van der Waals surface area contributed by atoms with Crippen molar-refractivity contribution in [2.24, 2.45) is 0 Å². The zero-order chi connectivity index (χ0) is 10.7. The lowest BCUT2D eigenvalue weighted by atomic mass is 9.81. The summed E-state index contributed by atoms with van der Waals surface area (Å²) in [5, 5.41) is 9.04. The van der Waals surface area contributed by atoms with Crippen LogP contribution in [-0.2, 0) is 6.42 Å². The monoisotopic (exact) mass is 206 g/mol. The molecule has 2 rings (SSSR count). The highest BCUT2D eigenvalue weighted by molar-refractivity contribution is 5.43. The molecular weight excluding hydrogens is 188 g/mol. The van der Waals surface area contributed by atoms with Crippen LogP contribution >= 0.6 is 0 Å². The number of hydrogen-bond acceptors (Lipinski definition) is 2. The van der Waals surface area contributed by atoms with E-state index in [0.29, 0.717) is 5.92 Å². The van der Waals surface area contributed by atoms with Crippen LogP contribution in [0.15, 0.2) is 18.2 Å². The lowest BCUT2D eigenvalue weighted by molar-refractivity contribution is 0.269. The smallest absolute Gasteiger partial charge is 0.122 e. The number of aliphatic hydroxyl groups excluding tert-OH is 1. The van der Waals surface area contributed by atoms with Gasteiger partial charge in [-0.1, -0.05) is 12.1 Å². The van der Waals surface area contributed by atoms with Crippen LogP contribution < -0.4 is 4.74 Å². The maximum Gasteiger partial charge on any atom is 0.122 e. The van der Waals surface area contributed by atoms with Crippen LogP contribution in [0.2, 0.25) is 0 Å². The summed E-state index contributed by atoms with van der Waals surface area (Å²) < 4.78 is 5.38. The SMILES string of the molecule is COc1cccc2c1CCC[C@H]2CCO. The number of hydrogen-bond donors (Lipinski definition) is 1. The van der Waals surface area contributed by atoms with E-state index in [4.69, 9.17) is 9.84 Å².